The molecule has 0 bridgehead atoms. The molecule has 0 radical (unpaired) electrons. The number of ether oxygens (including phenoxy) is 1. The first-order valence-electron chi connectivity index (χ1n) is 3.92. The molecule has 0 aromatic carbocycles. The number of halogens is 1. The van der Waals surface area contributed by atoms with Gasteiger partial charge in [0.1, 0.15) is 0 Å². The Kier molecular flexibility index (Phi) is 3.82. The number of rotatable bonds is 1. The maximum Gasteiger partial charge on any atom is 0.0733 e. The van der Waals surface area contributed by atoms with Crippen molar-refractivity contribution in [2.75, 3.05) is 0 Å². The van der Waals surface area contributed by atoms with Crippen LogP contribution in [-0.4, -0.2) is 17.7 Å². The second-order valence-electron chi connectivity index (χ2n) is 4.01. The van der Waals surface area contributed by atoms with Gasteiger partial charge < -0.3 is 10.5 Å². The monoisotopic (exact) mass is 179 g/mol. The average molecular weight is 180 g/mol. The van der Waals surface area contributed by atoms with Gasteiger partial charge >= 0.3 is 0 Å². The molecule has 0 saturated heterocycles. The molecule has 0 amide bonds. The summed E-state index contributed by atoms with van der Waals surface area (Å²) < 4.78 is 5.66. The van der Waals surface area contributed by atoms with Crippen molar-refractivity contribution >= 4 is 12.4 Å². The molecule has 0 aromatic heterocycles. The molecular formula is C8H18ClNO. The number of hydrogen-bond donors (Lipinski definition) is 1. The van der Waals surface area contributed by atoms with Crippen LogP contribution in [0.4, 0.5) is 0 Å². The molecular weight excluding hydrogens is 162 g/mol. The number of nitrogens with two attached hydrogens (primary N) is 1. The summed E-state index contributed by atoms with van der Waals surface area (Å²) in [4.78, 5) is 0. The van der Waals surface area contributed by atoms with Crippen molar-refractivity contribution in [3.8, 4) is 0 Å². The minimum absolute atomic E-state index is 0. The van der Waals surface area contributed by atoms with Crippen molar-refractivity contribution in [1.29, 1.82) is 0 Å². The molecule has 0 aliphatic heterocycles. The Morgan fingerprint density at radius 3 is 1.91 bits per heavy atom. The second-order valence-corrected chi connectivity index (χ2v) is 4.01. The Bertz CT molecular complexity index is 122. The molecule has 1 fully saturated rings. The van der Waals surface area contributed by atoms with E-state index in [1.807, 2.05) is 0 Å². The highest BCUT2D eigenvalue weighted by Crippen LogP contribution is 2.25. The third-order valence-electron chi connectivity index (χ3n) is 1.77. The summed E-state index contributed by atoms with van der Waals surface area (Å²) in [6.45, 7) is 6.20. The van der Waals surface area contributed by atoms with Gasteiger partial charge in [-0.3, -0.25) is 0 Å². The van der Waals surface area contributed by atoms with E-state index in [-0.39, 0.29) is 18.0 Å². The van der Waals surface area contributed by atoms with Gasteiger partial charge in [-0.1, -0.05) is 0 Å². The summed E-state index contributed by atoms with van der Waals surface area (Å²) in [5.41, 5.74) is 5.68. The fourth-order valence-electron chi connectivity index (χ4n) is 1.10. The first-order valence-corrected chi connectivity index (χ1v) is 3.92. The molecule has 0 aromatic rings. The summed E-state index contributed by atoms with van der Waals surface area (Å²) in [5, 5.41) is 0. The highest BCUT2D eigenvalue weighted by molar-refractivity contribution is 5.85. The van der Waals surface area contributed by atoms with Crippen LogP contribution >= 0.6 is 12.4 Å². The predicted molar refractivity (Wildman–Crippen MR) is 49.1 cm³/mol. The van der Waals surface area contributed by atoms with Crippen molar-refractivity contribution in [2.45, 2.75) is 51.4 Å². The Morgan fingerprint density at radius 2 is 1.82 bits per heavy atom. The summed E-state index contributed by atoms with van der Waals surface area (Å²) in [7, 11) is 0. The zero-order chi connectivity index (χ0) is 7.78. The minimum Gasteiger partial charge on any atom is -0.371 e. The van der Waals surface area contributed by atoms with E-state index in [1.54, 1.807) is 0 Å². The van der Waals surface area contributed by atoms with Gasteiger partial charge in [0.25, 0.3) is 0 Å². The standard InChI is InChI=1S/C8H17NO.ClH/c1-8(2,3)10-7-5-4-6(7)9;/h6-7H,4-5,9H2,1-3H3;1H/t6-,7-;/m1./s1. The molecule has 1 aliphatic carbocycles. The molecule has 68 valence electrons. The van der Waals surface area contributed by atoms with Crippen molar-refractivity contribution in [2.24, 2.45) is 5.73 Å². The molecule has 0 heterocycles. The largest absolute Gasteiger partial charge is 0.371 e. The van der Waals surface area contributed by atoms with Gasteiger partial charge in [0.15, 0.2) is 0 Å². The van der Waals surface area contributed by atoms with Gasteiger partial charge in [-0.25, -0.2) is 0 Å². The summed E-state index contributed by atoms with van der Waals surface area (Å²) in [6.07, 6.45) is 2.58. The van der Waals surface area contributed by atoms with E-state index in [2.05, 4.69) is 20.8 Å². The van der Waals surface area contributed by atoms with E-state index in [9.17, 15) is 0 Å². The van der Waals surface area contributed by atoms with Crippen molar-refractivity contribution in [1.82, 2.24) is 0 Å². The van der Waals surface area contributed by atoms with Gasteiger partial charge in [0.05, 0.1) is 11.7 Å². The maximum atomic E-state index is 5.70. The zero-order valence-electron chi connectivity index (χ0n) is 7.46. The van der Waals surface area contributed by atoms with E-state index in [4.69, 9.17) is 10.5 Å². The van der Waals surface area contributed by atoms with Gasteiger partial charge in [-0.05, 0) is 33.6 Å². The van der Waals surface area contributed by atoms with Crippen molar-refractivity contribution in [3.63, 3.8) is 0 Å². The minimum atomic E-state index is -0.0251. The SMILES string of the molecule is CC(C)(C)O[C@@H]1CC[C@H]1N.Cl. The smallest absolute Gasteiger partial charge is 0.0733 e. The Balaban J connectivity index is 0.000001000. The Hall–Kier alpha value is 0.210. The molecule has 11 heavy (non-hydrogen) atoms. The summed E-state index contributed by atoms with van der Waals surface area (Å²) in [5.74, 6) is 0. The molecule has 0 spiro atoms. The lowest BCUT2D eigenvalue weighted by atomic mass is 9.89. The third-order valence-corrected chi connectivity index (χ3v) is 1.77. The molecule has 2 nitrogen and oxygen atoms in total. The molecule has 2 N–H and O–H groups in total. The van der Waals surface area contributed by atoms with Crippen LogP contribution in [0.15, 0.2) is 0 Å². The van der Waals surface area contributed by atoms with Crippen LogP contribution < -0.4 is 5.73 Å². The molecule has 1 aliphatic rings. The van der Waals surface area contributed by atoms with Crippen LogP contribution in [0.25, 0.3) is 0 Å². The Labute approximate surface area is 74.9 Å². The van der Waals surface area contributed by atoms with Gasteiger partial charge in [0, 0.05) is 6.04 Å². The van der Waals surface area contributed by atoms with Crippen LogP contribution in [0.3, 0.4) is 0 Å². The van der Waals surface area contributed by atoms with Crippen LogP contribution in [0.5, 0.6) is 0 Å². The highest BCUT2D eigenvalue weighted by Gasteiger charge is 2.31. The van der Waals surface area contributed by atoms with E-state index < -0.39 is 0 Å². The van der Waals surface area contributed by atoms with Gasteiger partial charge in [0.2, 0.25) is 0 Å². The second kappa shape index (κ2) is 3.74. The van der Waals surface area contributed by atoms with E-state index in [1.165, 1.54) is 0 Å². The molecule has 1 saturated carbocycles. The first kappa shape index (κ1) is 11.2. The van der Waals surface area contributed by atoms with Crippen LogP contribution in [-0.2, 0) is 4.74 Å². The van der Waals surface area contributed by atoms with Crippen molar-refractivity contribution < 1.29 is 4.74 Å². The van der Waals surface area contributed by atoms with Gasteiger partial charge in [-0.2, -0.15) is 0 Å². The normalized spacial score (nSPS) is 30.5. The summed E-state index contributed by atoms with van der Waals surface area (Å²) >= 11 is 0. The lowest BCUT2D eigenvalue weighted by Crippen LogP contribution is -2.48. The first-order chi connectivity index (χ1) is 4.49. The topological polar surface area (TPSA) is 35.2 Å². The molecule has 0 unspecified atom stereocenters. The maximum absolute atomic E-state index is 5.70. The van der Waals surface area contributed by atoms with Crippen molar-refractivity contribution in [3.05, 3.63) is 0 Å². The van der Waals surface area contributed by atoms with E-state index in [0.29, 0.717) is 12.1 Å². The fourth-order valence-corrected chi connectivity index (χ4v) is 1.10. The molecule has 1 rings (SSSR count). The van der Waals surface area contributed by atoms with Crippen LogP contribution in [0.1, 0.15) is 33.6 Å². The summed E-state index contributed by atoms with van der Waals surface area (Å²) in [6, 6.07) is 0.291. The van der Waals surface area contributed by atoms with Crippen LogP contribution in [0, 0.1) is 0 Å². The number of hydrogen-bond acceptors (Lipinski definition) is 2. The highest BCUT2D eigenvalue weighted by atomic mass is 35.5. The van der Waals surface area contributed by atoms with E-state index in [0.717, 1.165) is 12.8 Å². The lowest BCUT2D eigenvalue weighted by molar-refractivity contribution is -0.102. The quantitative estimate of drug-likeness (QED) is 0.666. The third kappa shape index (κ3) is 3.41. The zero-order valence-corrected chi connectivity index (χ0v) is 8.28. The molecule has 3 heteroatoms. The molecule has 2 atom stereocenters. The average Bonchev–Trinajstić information content (AvgIpc) is 1.78. The predicted octanol–water partition coefficient (Wildman–Crippen LogP) is 1.71. The fraction of sp³-hybridized carbons (Fsp3) is 1.00. The van der Waals surface area contributed by atoms with Gasteiger partial charge in [-0.15, -0.1) is 12.4 Å². The van der Waals surface area contributed by atoms with E-state index >= 15 is 0 Å². The van der Waals surface area contributed by atoms with Crippen LogP contribution in [0.2, 0.25) is 0 Å². The lowest BCUT2D eigenvalue weighted by Gasteiger charge is -2.38. The Morgan fingerprint density at radius 1 is 1.27 bits per heavy atom.